The molecule has 5 rings (SSSR count). The number of fused-ring (bicyclic) bond motifs is 2. The highest BCUT2D eigenvalue weighted by molar-refractivity contribution is 7.86. The summed E-state index contributed by atoms with van der Waals surface area (Å²) in [5, 5.41) is 3.07. The molecule has 1 saturated carbocycles. The van der Waals surface area contributed by atoms with E-state index in [1.54, 1.807) is 0 Å². The third-order valence-corrected chi connectivity index (χ3v) is 11.1. The van der Waals surface area contributed by atoms with Crippen LogP contribution in [0.4, 0.5) is 11.4 Å². The summed E-state index contributed by atoms with van der Waals surface area (Å²) in [4.78, 5) is 15.1. The molecule has 2 aromatic rings. The van der Waals surface area contributed by atoms with Gasteiger partial charge in [-0.25, -0.2) is 0 Å². The Balaban J connectivity index is 1.48. The van der Waals surface area contributed by atoms with E-state index in [1.165, 1.54) is 5.56 Å². The van der Waals surface area contributed by atoms with Crippen molar-refractivity contribution in [3.05, 3.63) is 83.1 Å². The second kappa shape index (κ2) is 13.3. The number of nitrogens with zero attached hydrogens (tertiary/aromatic N) is 2. The lowest BCUT2D eigenvalue weighted by molar-refractivity contribution is -0.438. The van der Waals surface area contributed by atoms with Crippen LogP contribution < -0.4 is 10.2 Å². The standard InChI is InChI=1S/C35H45N3O7S2/c1-34(2)27-12-5-6-13-29(27)37(20-7-9-22-46(40,41)42)31(34)14-11-15-32-35(3,4)28-24-25(33(39)36-26-17-18-26)16-19-30(28)38(32)21-8-10-23-47(43,44)45/h5-6,11-16,19,24,26H,7-10,17-18,20-23H2,1-4H3,(H2-,36,39,40,41,42,43,44,45)/p+1. The molecule has 2 aromatic carbocycles. The molecular weight excluding hydrogens is 639 g/mol. The van der Waals surface area contributed by atoms with Gasteiger partial charge in [0, 0.05) is 59.1 Å². The van der Waals surface area contributed by atoms with E-state index in [0.29, 0.717) is 44.3 Å². The molecular formula is C35H46N3O7S2+. The molecule has 3 aliphatic rings. The minimum absolute atomic E-state index is 0.0840. The Morgan fingerprint density at radius 1 is 0.915 bits per heavy atom. The zero-order chi connectivity index (χ0) is 34.2. The van der Waals surface area contributed by atoms with Gasteiger partial charge in [-0.1, -0.05) is 38.1 Å². The molecule has 1 amide bonds. The molecule has 10 nitrogen and oxygen atoms in total. The normalized spacial score (nSPS) is 19.4. The Kier molecular flexibility index (Phi) is 9.90. The van der Waals surface area contributed by atoms with Crippen LogP contribution in [-0.4, -0.2) is 72.8 Å². The molecule has 0 atom stereocenters. The minimum Gasteiger partial charge on any atom is -0.349 e. The third kappa shape index (κ3) is 8.05. The SMILES string of the molecule is CC1(C)C(/C=C/C=C2/N(CCCCS(=O)(=O)O)c3ccc(C(=O)NC4CC4)cc3C2(C)C)=[N+](CCCCS(=O)(=O)O)c2ccccc21. The van der Waals surface area contributed by atoms with Crippen LogP contribution in [0, 0.1) is 0 Å². The van der Waals surface area contributed by atoms with Crippen LogP contribution in [0.2, 0.25) is 0 Å². The molecule has 47 heavy (non-hydrogen) atoms. The molecule has 1 fully saturated rings. The Bertz CT molecular complexity index is 1850. The molecule has 254 valence electrons. The monoisotopic (exact) mass is 684 g/mol. The van der Waals surface area contributed by atoms with E-state index in [-0.39, 0.29) is 28.9 Å². The van der Waals surface area contributed by atoms with Gasteiger partial charge >= 0.3 is 0 Å². The Hall–Kier alpha value is -3.32. The first kappa shape index (κ1) is 35.0. The predicted molar refractivity (Wildman–Crippen MR) is 185 cm³/mol. The molecule has 3 N–H and O–H groups in total. The Labute approximate surface area is 278 Å². The van der Waals surface area contributed by atoms with Crippen molar-refractivity contribution < 1.29 is 35.3 Å². The van der Waals surface area contributed by atoms with Crippen LogP contribution in [0.1, 0.15) is 87.7 Å². The van der Waals surface area contributed by atoms with Crippen LogP contribution in [0.25, 0.3) is 0 Å². The van der Waals surface area contributed by atoms with E-state index in [4.69, 9.17) is 0 Å². The highest BCUT2D eigenvalue weighted by Gasteiger charge is 2.44. The number of benzene rings is 2. The minimum atomic E-state index is -4.05. The fourth-order valence-electron chi connectivity index (χ4n) is 6.78. The van der Waals surface area contributed by atoms with Gasteiger partial charge in [0.1, 0.15) is 6.54 Å². The van der Waals surface area contributed by atoms with Crippen molar-refractivity contribution in [1.82, 2.24) is 5.32 Å². The predicted octanol–water partition coefficient (Wildman–Crippen LogP) is 5.53. The highest BCUT2D eigenvalue weighted by Crippen LogP contribution is 2.48. The average Bonchev–Trinajstić information content (AvgIpc) is 3.73. The molecule has 0 bridgehead atoms. The number of amides is 1. The van der Waals surface area contributed by atoms with Gasteiger partial charge in [-0.05, 0) is 75.8 Å². The van der Waals surface area contributed by atoms with Crippen molar-refractivity contribution in [1.29, 1.82) is 0 Å². The van der Waals surface area contributed by atoms with E-state index in [1.807, 2.05) is 36.4 Å². The first-order chi connectivity index (χ1) is 22.0. The van der Waals surface area contributed by atoms with Crippen molar-refractivity contribution in [3.8, 4) is 0 Å². The van der Waals surface area contributed by atoms with Crippen molar-refractivity contribution in [2.75, 3.05) is 29.5 Å². The smallest absolute Gasteiger partial charge is 0.264 e. The average molecular weight is 685 g/mol. The summed E-state index contributed by atoms with van der Waals surface area (Å²) in [6, 6.07) is 14.2. The van der Waals surface area contributed by atoms with Crippen LogP contribution in [-0.2, 0) is 31.1 Å². The Morgan fingerprint density at radius 2 is 1.57 bits per heavy atom. The molecule has 0 spiro atoms. The molecule has 2 aliphatic heterocycles. The van der Waals surface area contributed by atoms with Crippen LogP contribution in [0.15, 0.2) is 66.4 Å². The number of rotatable bonds is 14. The van der Waals surface area contributed by atoms with Crippen LogP contribution >= 0.6 is 0 Å². The third-order valence-electron chi connectivity index (χ3n) is 9.44. The number of anilines is 1. The second-order valence-corrected chi connectivity index (χ2v) is 17.0. The highest BCUT2D eigenvalue weighted by atomic mass is 32.2. The number of carbonyl (C=O) groups excluding carboxylic acids is 1. The summed E-state index contributed by atoms with van der Waals surface area (Å²) in [5.41, 5.74) is 6.12. The maximum atomic E-state index is 12.9. The van der Waals surface area contributed by atoms with Crippen molar-refractivity contribution >= 4 is 43.2 Å². The van der Waals surface area contributed by atoms with E-state index in [0.717, 1.165) is 41.2 Å². The number of carbonyl (C=O) groups is 1. The number of hydrogen-bond acceptors (Lipinski definition) is 6. The molecule has 0 saturated heterocycles. The molecule has 0 unspecified atom stereocenters. The first-order valence-corrected chi connectivity index (χ1v) is 19.5. The summed E-state index contributed by atoms with van der Waals surface area (Å²) in [7, 11) is -8.08. The van der Waals surface area contributed by atoms with Crippen molar-refractivity contribution in [3.63, 3.8) is 0 Å². The maximum absolute atomic E-state index is 12.9. The van der Waals surface area contributed by atoms with Gasteiger partial charge in [0.2, 0.25) is 5.69 Å². The fraction of sp³-hybridized carbons (Fsp3) is 0.486. The van der Waals surface area contributed by atoms with Gasteiger partial charge in [-0.3, -0.25) is 13.9 Å². The largest absolute Gasteiger partial charge is 0.349 e. The van der Waals surface area contributed by atoms with Crippen LogP contribution in [0.3, 0.4) is 0 Å². The van der Waals surface area contributed by atoms with Crippen LogP contribution in [0.5, 0.6) is 0 Å². The lowest BCUT2D eigenvalue weighted by Crippen LogP contribution is -2.28. The molecule has 1 aliphatic carbocycles. The molecule has 12 heteroatoms. The number of nitrogens with one attached hydrogen (secondary N) is 1. The lowest BCUT2D eigenvalue weighted by Gasteiger charge is -2.27. The summed E-state index contributed by atoms with van der Waals surface area (Å²) in [6.45, 7) is 9.71. The van der Waals surface area contributed by atoms with E-state index >= 15 is 0 Å². The quantitative estimate of drug-likeness (QED) is 0.134. The maximum Gasteiger partial charge on any atom is 0.264 e. The zero-order valence-corrected chi connectivity index (χ0v) is 29.2. The topological polar surface area (TPSA) is 144 Å². The van der Waals surface area contributed by atoms with Gasteiger partial charge in [0.25, 0.3) is 26.1 Å². The lowest BCUT2D eigenvalue weighted by atomic mass is 9.81. The zero-order valence-electron chi connectivity index (χ0n) is 27.6. The fourth-order valence-corrected chi connectivity index (χ4v) is 7.91. The number of hydrogen-bond donors (Lipinski definition) is 3. The summed E-state index contributed by atoms with van der Waals surface area (Å²) < 4.78 is 66.0. The van der Waals surface area contributed by atoms with E-state index in [9.17, 15) is 30.7 Å². The van der Waals surface area contributed by atoms with Gasteiger partial charge < -0.3 is 10.2 Å². The second-order valence-electron chi connectivity index (χ2n) is 13.8. The number of para-hydroxylation sites is 1. The number of allylic oxidation sites excluding steroid dienone is 4. The van der Waals surface area contributed by atoms with Crippen molar-refractivity contribution in [2.45, 2.75) is 83.1 Å². The Morgan fingerprint density at radius 3 is 2.23 bits per heavy atom. The van der Waals surface area contributed by atoms with Crippen molar-refractivity contribution in [2.24, 2.45) is 0 Å². The summed E-state index contributed by atoms with van der Waals surface area (Å²) >= 11 is 0. The molecule has 0 aromatic heterocycles. The summed E-state index contributed by atoms with van der Waals surface area (Å²) in [6.07, 6.45) is 9.99. The van der Waals surface area contributed by atoms with Gasteiger partial charge in [0.15, 0.2) is 5.71 Å². The van der Waals surface area contributed by atoms with Gasteiger partial charge in [-0.2, -0.15) is 21.4 Å². The molecule has 0 radical (unpaired) electrons. The summed E-state index contributed by atoms with van der Waals surface area (Å²) in [5.74, 6) is -0.660. The first-order valence-electron chi connectivity index (χ1n) is 16.3. The molecule has 2 heterocycles. The van der Waals surface area contributed by atoms with E-state index in [2.05, 4.69) is 66.8 Å². The van der Waals surface area contributed by atoms with Gasteiger partial charge in [0.05, 0.1) is 16.9 Å². The van der Waals surface area contributed by atoms with E-state index < -0.39 is 25.7 Å². The van der Waals surface area contributed by atoms with Gasteiger partial charge in [-0.15, -0.1) is 0 Å². The number of unbranched alkanes of at least 4 members (excludes halogenated alkanes) is 2.